The van der Waals surface area contributed by atoms with E-state index in [2.05, 4.69) is 10.2 Å². The van der Waals surface area contributed by atoms with Crippen molar-refractivity contribution in [2.75, 3.05) is 0 Å². The topological polar surface area (TPSA) is 42.9 Å². The number of aromatic nitrogens is 2. The van der Waals surface area contributed by atoms with Crippen LogP contribution in [-0.4, -0.2) is 16.5 Å². The van der Waals surface area contributed by atoms with Crippen LogP contribution in [0, 0.1) is 6.92 Å². The maximum atomic E-state index is 10.6. The van der Waals surface area contributed by atoms with Crippen molar-refractivity contribution in [1.29, 1.82) is 0 Å². The van der Waals surface area contributed by atoms with Crippen molar-refractivity contribution in [3.05, 3.63) is 34.8 Å². The smallest absolute Gasteiger partial charge is 0.178 e. The monoisotopic (exact) mass is 236 g/mol. The van der Waals surface area contributed by atoms with Crippen LogP contribution in [0.3, 0.4) is 0 Å². The molecule has 15 heavy (non-hydrogen) atoms. The largest absolute Gasteiger partial charge is 0.298 e. The second-order valence-electron chi connectivity index (χ2n) is 2.95. The Bertz CT molecular complexity index is 468. The second kappa shape index (κ2) is 4.55. The van der Waals surface area contributed by atoms with Gasteiger partial charge in [-0.15, -0.1) is 10.2 Å². The predicted molar refractivity (Wildman–Crippen MR) is 60.6 cm³/mol. The average Bonchev–Trinajstić information content (AvgIpc) is 2.74. The minimum absolute atomic E-state index is 0.703. The predicted octanol–water partition coefficient (Wildman–Crippen LogP) is 2.81. The molecule has 1 aromatic carbocycles. The molecule has 0 bridgehead atoms. The fourth-order valence-electron chi connectivity index (χ4n) is 1.16. The molecular weight excluding hydrogens is 228 g/mol. The highest BCUT2D eigenvalue weighted by atomic mass is 32.2. The molecule has 0 unspecified atom stereocenters. The molecule has 0 aliphatic rings. The number of rotatable bonds is 3. The van der Waals surface area contributed by atoms with E-state index in [1.54, 1.807) is 17.3 Å². The van der Waals surface area contributed by atoms with Gasteiger partial charge in [0.15, 0.2) is 4.34 Å². The van der Waals surface area contributed by atoms with Crippen LogP contribution in [0.15, 0.2) is 32.9 Å². The van der Waals surface area contributed by atoms with Gasteiger partial charge in [0.05, 0.1) is 0 Å². The van der Waals surface area contributed by atoms with E-state index >= 15 is 0 Å². The lowest BCUT2D eigenvalue weighted by atomic mass is 10.2. The van der Waals surface area contributed by atoms with Crippen molar-refractivity contribution in [3.63, 3.8) is 0 Å². The average molecular weight is 236 g/mol. The molecular formula is C10H8N2OS2. The van der Waals surface area contributed by atoms with E-state index in [9.17, 15) is 4.79 Å². The van der Waals surface area contributed by atoms with Crippen LogP contribution < -0.4 is 0 Å². The SMILES string of the molecule is Cc1cc(C=O)ccc1Sc1nncs1. The molecule has 0 radical (unpaired) electrons. The molecule has 5 heteroatoms. The number of hydrogen-bond acceptors (Lipinski definition) is 5. The van der Waals surface area contributed by atoms with Gasteiger partial charge in [0, 0.05) is 10.5 Å². The first-order valence-electron chi connectivity index (χ1n) is 4.29. The van der Waals surface area contributed by atoms with E-state index in [4.69, 9.17) is 0 Å². The molecule has 0 aliphatic heterocycles. The van der Waals surface area contributed by atoms with Crippen LogP contribution in [-0.2, 0) is 0 Å². The number of nitrogens with zero attached hydrogens (tertiary/aromatic N) is 2. The number of benzene rings is 1. The van der Waals surface area contributed by atoms with Crippen LogP contribution in [0.4, 0.5) is 0 Å². The normalized spacial score (nSPS) is 10.2. The van der Waals surface area contributed by atoms with Gasteiger partial charge < -0.3 is 0 Å². The zero-order valence-corrected chi connectivity index (χ0v) is 9.64. The Balaban J connectivity index is 2.26. The third-order valence-electron chi connectivity index (χ3n) is 1.87. The number of hydrogen-bond donors (Lipinski definition) is 0. The molecule has 3 nitrogen and oxygen atoms in total. The second-order valence-corrected chi connectivity index (χ2v) is 5.07. The lowest BCUT2D eigenvalue weighted by Gasteiger charge is -2.02. The minimum Gasteiger partial charge on any atom is -0.298 e. The number of carbonyl (C=O) groups is 1. The molecule has 76 valence electrons. The Morgan fingerprint density at radius 3 is 2.93 bits per heavy atom. The molecule has 0 aliphatic carbocycles. The highest BCUT2D eigenvalue weighted by Crippen LogP contribution is 2.30. The van der Waals surface area contributed by atoms with Crippen molar-refractivity contribution in [2.24, 2.45) is 0 Å². The van der Waals surface area contributed by atoms with Crippen molar-refractivity contribution < 1.29 is 4.79 Å². The van der Waals surface area contributed by atoms with Crippen LogP contribution in [0.1, 0.15) is 15.9 Å². The molecule has 1 heterocycles. The fraction of sp³-hybridized carbons (Fsp3) is 0.100. The number of aldehydes is 1. The summed E-state index contributed by atoms with van der Waals surface area (Å²) in [4.78, 5) is 11.7. The molecule has 0 N–H and O–H groups in total. The highest BCUT2D eigenvalue weighted by Gasteiger charge is 2.04. The van der Waals surface area contributed by atoms with Gasteiger partial charge in [0.25, 0.3) is 0 Å². The molecule has 0 amide bonds. The molecule has 0 saturated heterocycles. The van der Waals surface area contributed by atoms with Gasteiger partial charge in [-0.3, -0.25) is 4.79 Å². The van der Waals surface area contributed by atoms with Crippen molar-refractivity contribution in [3.8, 4) is 0 Å². The van der Waals surface area contributed by atoms with Gasteiger partial charge in [0.1, 0.15) is 11.8 Å². The Morgan fingerprint density at radius 2 is 2.33 bits per heavy atom. The molecule has 0 atom stereocenters. The summed E-state index contributed by atoms with van der Waals surface area (Å²) in [7, 11) is 0. The molecule has 1 aromatic heterocycles. The van der Waals surface area contributed by atoms with Crippen LogP contribution in [0.2, 0.25) is 0 Å². The summed E-state index contributed by atoms with van der Waals surface area (Å²) in [6.45, 7) is 1.98. The Hall–Kier alpha value is -1.20. The van der Waals surface area contributed by atoms with E-state index in [1.807, 2.05) is 25.1 Å². The Labute approximate surface area is 95.6 Å². The summed E-state index contributed by atoms with van der Waals surface area (Å²) in [5.74, 6) is 0. The fourth-order valence-corrected chi connectivity index (χ4v) is 2.66. The molecule has 0 saturated carbocycles. The molecule has 0 spiro atoms. The summed E-state index contributed by atoms with van der Waals surface area (Å²) in [6, 6.07) is 5.62. The number of aryl methyl sites for hydroxylation is 1. The maximum Gasteiger partial charge on any atom is 0.178 e. The lowest BCUT2D eigenvalue weighted by molar-refractivity contribution is 0.112. The number of carbonyl (C=O) groups excluding carboxylic acids is 1. The molecule has 2 rings (SSSR count). The summed E-state index contributed by atoms with van der Waals surface area (Å²) in [5, 5.41) is 7.73. The summed E-state index contributed by atoms with van der Waals surface area (Å²) in [6.07, 6.45) is 0.854. The third kappa shape index (κ3) is 2.43. The summed E-state index contributed by atoms with van der Waals surface area (Å²) in [5.41, 5.74) is 3.49. The first kappa shape index (κ1) is 10.3. The van der Waals surface area contributed by atoms with E-state index in [0.717, 1.165) is 21.1 Å². The quantitative estimate of drug-likeness (QED) is 0.768. The highest BCUT2D eigenvalue weighted by molar-refractivity contribution is 8.01. The van der Waals surface area contributed by atoms with E-state index in [1.165, 1.54) is 11.3 Å². The van der Waals surface area contributed by atoms with Crippen LogP contribution in [0.25, 0.3) is 0 Å². The van der Waals surface area contributed by atoms with Gasteiger partial charge in [0.2, 0.25) is 0 Å². The lowest BCUT2D eigenvalue weighted by Crippen LogP contribution is -1.84. The van der Waals surface area contributed by atoms with Crippen molar-refractivity contribution in [1.82, 2.24) is 10.2 Å². The summed E-state index contributed by atoms with van der Waals surface area (Å²) < 4.78 is 0.914. The Morgan fingerprint density at radius 1 is 1.47 bits per heavy atom. The summed E-state index contributed by atoms with van der Waals surface area (Å²) >= 11 is 3.08. The van der Waals surface area contributed by atoms with E-state index < -0.39 is 0 Å². The maximum absolute atomic E-state index is 10.6. The Kier molecular flexibility index (Phi) is 3.13. The minimum atomic E-state index is 0.703. The van der Waals surface area contributed by atoms with Crippen LogP contribution >= 0.6 is 23.1 Å². The van der Waals surface area contributed by atoms with Gasteiger partial charge in [-0.1, -0.05) is 29.2 Å². The van der Waals surface area contributed by atoms with Gasteiger partial charge in [-0.25, -0.2) is 0 Å². The van der Waals surface area contributed by atoms with Gasteiger partial charge in [-0.2, -0.15) is 0 Å². The zero-order valence-electron chi connectivity index (χ0n) is 8.01. The molecule has 2 aromatic rings. The van der Waals surface area contributed by atoms with Gasteiger partial charge >= 0.3 is 0 Å². The zero-order chi connectivity index (χ0) is 10.7. The standard InChI is InChI=1S/C10H8N2OS2/c1-7-4-8(5-13)2-3-9(7)15-10-12-11-6-14-10/h2-6H,1H3. The first-order chi connectivity index (χ1) is 7.29. The van der Waals surface area contributed by atoms with E-state index in [0.29, 0.717) is 5.56 Å². The third-order valence-corrected chi connectivity index (χ3v) is 3.83. The van der Waals surface area contributed by atoms with Gasteiger partial charge in [-0.05, 0) is 24.6 Å². The van der Waals surface area contributed by atoms with E-state index in [-0.39, 0.29) is 0 Å². The van der Waals surface area contributed by atoms with Crippen molar-refractivity contribution in [2.45, 2.75) is 16.2 Å². The molecule has 0 fully saturated rings. The van der Waals surface area contributed by atoms with Crippen molar-refractivity contribution >= 4 is 29.4 Å². The first-order valence-corrected chi connectivity index (χ1v) is 5.99. The van der Waals surface area contributed by atoms with Crippen LogP contribution in [0.5, 0.6) is 0 Å².